The molecular formula is C26H32N4O4S. The van der Waals surface area contributed by atoms with Crippen LogP contribution >= 0.6 is 12.2 Å². The number of aromatic amines is 1. The molecule has 1 aliphatic carbocycles. The first-order chi connectivity index (χ1) is 17.0. The molecule has 0 bridgehead atoms. The van der Waals surface area contributed by atoms with E-state index >= 15 is 0 Å². The summed E-state index contributed by atoms with van der Waals surface area (Å²) in [6, 6.07) is 13.2. The smallest absolute Gasteiger partial charge is 0.222 e. The number of hydrogen-bond donors (Lipinski definition) is 2. The summed E-state index contributed by atoms with van der Waals surface area (Å²) in [5.74, 6) is 2.80. The number of nitrogens with one attached hydrogen (secondary N) is 2. The van der Waals surface area contributed by atoms with Gasteiger partial charge in [-0.2, -0.15) is 5.10 Å². The number of methoxy groups -OCH3 is 2. The molecular weight excluding hydrogens is 464 g/mol. The highest BCUT2D eigenvalue weighted by Crippen LogP contribution is 2.33. The third-order valence-electron chi connectivity index (χ3n) is 6.33. The zero-order chi connectivity index (χ0) is 24.8. The molecule has 4 rings (SSSR count). The molecule has 0 saturated heterocycles. The quantitative estimate of drug-likeness (QED) is 0.374. The predicted molar refractivity (Wildman–Crippen MR) is 136 cm³/mol. The fraction of sp³-hybridized carbons (Fsp3) is 0.423. The molecule has 0 aliphatic heterocycles. The van der Waals surface area contributed by atoms with Gasteiger partial charge in [-0.05, 0) is 86.8 Å². The van der Waals surface area contributed by atoms with Crippen molar-refractivity contribution in [3.8, 4) is 28.6 Å². The van der Waals surface area contributed by atoms with Gasteiger partial charge >= 0.3 is 0 Å². The fourth-order valence-corrected chi connectivity index (χ4v) is 4.56. The summed E-state index contributed by atoms with van der Waals surface area (Å²) in [4.78, 5) is 12.8. The van der Waals surface area contributed by atoms with E-state index in [1.807, 2.05) is 54.0 Å². The van der Waals surface area contributed by atoms with Crippen LogP contribution in [0.3, 0.4) is 0 Å². The Hall–Kier alpha value is -3.33. The van der Waals surface area contributed by atoms with E-state index in [9.17, 15) is 4.79 Å². The lowest BCUT2D eigenvalue weighted by molar-refractivity contribution is -0.121. The van der Waals surface area contributed by atoms with E-state index in [1.54, 1.807) is 14.2 Å². The van der Waals surface area contributed by atoms with Crippen LogP contribution in [0.1, 0.15) is 50.6 Å². The Morgan fingerprint density at radius 2 is 1.89 bits per heavy atom. The van der Waals surface area contributed by atoms with Crippen LogP contribution in [-0.2, 0) is 11.3 Å². The van der Waals surface area contributed by atoms with Crippen LogP contribution in [0.4, 0.5) is 0 Å². The van der Waals surface area contributed by atoms with Crippen molar-refractivity contribution in [2.24, 2.45) is 0 Å². The molecule has 2 aromatic carbocycles. The Bertz CT molecular complexity index is 1200. The molecule has 1 heterocycles. The topological polar surface area (TPSA) is 90.4 Å². The minimum Gasteiger partial charge on any atom is -0.497 e. The molecule has 1 fully saturated rings. The first kappa shape index (κ1) is 24.8. The van der Waals surface area contributed by atoms with Crippen LogP contribution in [0.2, 0.25) is 0 Å². The van der Waals surface area contributed by atoms with E-state index < -0.39 is 0 Å². The minimum atomic E-state index is -0.185. The van der Waals surface area contributed by atoms with E-state index in [0.717, 1.165) is 35.5 Å². The number of rotatable bonds is 10. The molecule has 1 atom stereocenters. The molecule has 0 radical (unpaired) electrons. The van der Waals surface area contributed by atoms with E-state index in [1.165, 1.54) is 12.8 Å². The van der Waals surface area contributed by atoms with Gasteiger partial charge in [-0.1, -0.05) is 6.07 Å². The molecule has 8 nitrogen and oxygen atoms in total. The number of H-pyrrole nitrogens is 1. The lowest BCUT2D eigenvalue weighted by Crippen LogP contribution is -2.27. The minimum absolute atomic E-state index is 0.0773. The molecule has 1 unspecified atom stereocenters. The van der Waals surface area contributed by atoms with Crippen molar-refractivity contribution in [1.82, 2.24) is 20.1 Å². The van der Waals surface area contributed by atoms with Crippen LogP contribution in [0.25, 0.3) is 11.4 Å². The van der Waals surface area contributed by atoms with Gasteiger partial charge in [0, 0.05) is 18.5 Å². The van der Waals surface area contributed by atoms with Gasteiger partial charge < -0.3 is 19.5 Å². The molecule has 1 aromatic heterocycles. The summed E-state index contributed by atoms with van der Waals surface area (Å²) in [6.07, 6.45) is 5.10. The zero-order valence-corrected chi connectivity index (χ0v) is 21.2. The van der Waals surface area contributed by atoms with Crippen molar-refractivity contribution in [3.63, 3.8) is 0 Å². The number of hydrogen-bond acceptors (Lipinski definition) is 6. The van der Waals surface area contributed by atoms with E-state index in [2.05, 4.69) is 15.5 Å². The number of aromatic nitrogens is 3. The molecule has 35 heavy (non-hydrogen) atoms. The number of carbonyl (C=O) groups is 1. The van der Waals surface area contributed by atoms with Crippen LogP contribution in [0.5, 0.6) is 17.2 Å². The maximum atomic E-state index is 12.8. The third kappa shape index (κ3) is 6.03. The maximum Gasteiger partial charge on any atom is 0.222 e. The molecule has 3 aromatic rings. The summed E-state index contributed by atoms with van der Waals surface area (Å²) in [6.45, 7) is 2.36. The van der Waals surface area contributed by atoms with Gasteiger partial charge in [-0.3, -0.25) is 14.5 Å². The van der Waals surface area contributed by atoms with Crippen molar-refractivity contribution in [2.75, 3.05) is 14.2 Å². The Labute approximate surface area is 210 Å². The summed E-state index contributed by atoms with van der Waals surface area (Å²) in [7, 11) is 3.26. The van der Waals surface area contributed by atoms with Gasteiger partial charge in [0.15, 0.2) is 22.1 Å². The van der Waals surface area contributed by atoms with Crippen LogP contribution < -0.4 is 19.5 Å². The summed E-state index contributed by atoms with van der Waals surface area (Å²) >= 11 is 5.39. The Morgan fingerprint density at radius 3 is 2.57 bits per heavy atom. The van der Waals surface area contributed by atoms with Crippen molar-refractivity contribution >= 4 is 18.1 Å². The van der Waals surface area contributed by atoms with Crippen molar-refractivity contribution in [3.05, 3.63) is 52.8 Å². The third-order valence-corrected chi connectivity index (χ3v) is 6.64. The first-order valence-electron chi connectivity index (χ1n) is 11.9. The van der Waals surface area contributed by atoms with Crippen LogP contribution in [0.15, 0.2) is 42.5 Å². The molecule has 9 heteroatoms. The molecule has 186 valence electrons. The largest absolute Gasteiger partial charge is 0.497 e. The van der Waals surface area contributed by atoms with Gasteiger partial charge in [0.2, 0.25) is 5.91 Å². The molecule has 2 N–H and O–H groups in total. The number of benzene rings is 2. The van der Waals surface area contributed by atoms with E-state index in [4.69, 9.17) is 26.4 Å². The maximum absolute atomic E-state index is 12.8. The summed E-state index contributed by atoms with van der Waals surface area (Å²) in [5.41, 5.74) is 1.84. The summed E-state index contributed by atoms with van der Waals surface area (Å²) in [5, 5.41) is 10.2. The predicted octanol–water partition coefficient (Wildman–Crippen LogP) is 5.21. The first-order valence-corrected chi connectivity index (χ1v) is 12.3. The lowest BCUT2D eigenvalue weighted by Gasteiger charge is -2.19. The second-order valence-electron chi connectivity index (χ2n) is 8.71. The highest BCUT2D eigenvalue weighted by molar-refractivity contribution is 7.71. The number of nitrogens with zero attached hydrogens (tertiary/aromatic N) is 2. The highest BCUT2D eigenvalue weighted by Gasteiger charge is 2.20. The SMILES string of the molecule is COc1ccc(-c2n[nH]c(=S)n2CCC(=O)NC(C)c2ccc(OC3CCCC3)c(OC)c2)cc1. The van der Waals surface area contributed by atoms with Crippen LogP contribution in [-0.4, -0.2) is 41.0 Å². The standard InChI is InChI=1S/C26H32N4O4S/c1-17(19-10-13-22(23(16-19)33-3)34-21-6-4-5-7-21)27-24(31)14-15-30-25(28-29-26(30)35)18-8-11-20(32-2)12-9-18/h8-13,16-17,21H,4-7,14-15H2,1-3H3,(H,27,31)(H,29,35). The Kier molecular flexibility index (Phi) is 8.07. The van der Waals surface area contributed by atoms with Gasteiger partial charge in [-0.25, -0.2) is 0 Å². The lowest BCUT2D eigenvalue weighted by atomic mass is 10.1. The van der Waals surface area contributed by atoms with Crippen molar-refractivity contribution in [1.29, 1.82) is 0 Å². The van der Waals surface area contributed by atoms with Gasteiger partial charge in [-0.15, -0.1) is 0 Å². The molecule has 0 spiro atoms. The number of carbonyl (C=O) groups excluding carboxylic acids is 1. The second kappa shape index (κ2) is 11.4. The van der Waals surface area contributed by atoms with Gasteiger partial charge in [0.05, 0.1) is 26.4 Å². The Balaban J connectivity index is 1.37. The summed E-state index contributed by atoms with van der Waals surface area (Å²) < 4.78 is 19.2. The van der Waals surface area contributed by atoms with Crippen LogP contribution in [0, 0.1) is 4.77 Å². The average molecular weight is 497 g/mol. The van der Waals surface area contributed by atoms with Crippen molar-refractivity contribution in [2.45, 2.75) is 57.7 Å². The molecule has 1 amide bonds. The van der Waals surface area contributed by atoms with Crippen molar-refractivity contribution < 1.29 is 19.0 Å². The van der Waals surface area contributed by atoms with Gasteiger partial charge in [0.25, 0.3) is 0 Å². The fourth-order valence-electron chi connectivity index (χ4n) is 4.33. The highest BCUT2D eigenvalue weighted by atomic mass is 32.1. The Morgan fingerprint density at radius 1 is 1.14 bits per heavy atom. The number of amides is 1. The average Bonchev–Trinajstić information content (AvgIpc) is 3.52. The monoisotopic (exact) mass is 496 g/mol. The number of ether oxygens (including phenoxy) is 3. The second-order valence-corrected chi connectivity index (χ2v) is 9.09. The molecule has 1 saturated carbocycles. The van der Waals surface area contributed by atoms with E-state index in [0.29, 0.717) is 22.9 Å². The van der Waals surface area contributed by atoms with Gasteiger partial charge in [0.1, 0.15) is 5.75 Å². The molecule has 1 aliphatic rings. The zero-order valence-electron chi connectivity index (χ0n) is 20.4. The van der Waals surface area contributed by atoms with E-state index in [-0.39, 0.29) is 24.5 Å². The normalized spacial score (nSPS) is 14.5.